The number of aryl methyl sites for hydroxylation is 2. The van der Waals surface area contributed by atoms with E-state index in [1.54, 1.807) is 18.4 Å². The molecule has 3 N–H and O–H groups in total. The van der Waals surface area contributed by atoms with Gasteiger partial charge in [0.25, 0.3) is 0 Å². The van der Waals surface area contributed by atoms with Gasteiger partial charge >= 0.3 is 0 Å². The van der Waals surface area contributed by atoms with Crippen molar-refractivity contribution in [2.75, 3.05) is 26.0 Å². The summed E-state index contributed by atoms with van der Waals surface area (Å²) in [5, 5.41) is 8.63. The lowest BCUT2D eigenvalue weighted by atomic mass is 9.98. The largest absolute Gasteiger partial charge is 0.495 e. The first-order valence-electron chi connectivity index (χ1n) is 11.6. The van der Waals surface area contributed by atoms with Gasteiger partial charge in [-0.2, -0.15) is 5.10 Å². The number of methoxy groups -OCH3 is 1. The van der Waals surface area contributed by atoms with Gasteiger partial charge in [0.1, 0.15) is 17.6 Å². The van der Waals surface area contributed by atoms with Gasteiger partial charge in [0.2, 0.25) is 5.91 Å². The SMILES string of the molecule is CCOCc1c(-c2cc3cc(C)cc(OC)c3s2)c2c(N)ncnn2c1CC[C@@H]1CCNC1=O. The predicted molar refractivity (Wildman–Crippen MR) is 134 cm³/mol. The number of nitrogens with one attached hydrogen (secondary N) is 1. The van der Waals surface area contributed by atoms with E-state index in [0.29, 0.717) is 25.5 Å². The Bertz CT molecular complexity index is 1380. The number of aromatic nitrogens is 3. The molecule has 1 amide bonds. The summed E-state index contributed by atoms with van der Waals surface area (Å²) in [7, 11) is 1.70. The number of thiophene rings is 1. The predicted octanol–water partition coefficient (Wildman–Crippen LogP) is 4.12. The van der Waals surface area contributed by atoms with E-state index < -0.39 is 0 Å². The van der Waals surface area contributed by atoms with E-state index in [9.17, 15) is 4.79 Å². The fourth-order valence-corrected chi connectivity index (χ4v) is 6.08. The highest BCUT2D eigenvalue weighted by Gasteiger charge is 2.28. The second kappa shape index (κ2) is 9.23. The number of carbonyl (C=O) groups is 1. The molecule has 0 radical (unpaired) electrons. The summed E-state index contributed by atoms with van der Waals surface area (Å²) >= 11 is 1.67. The molecule has 1 aliphatic rings. The van der Waals surface area contributed by atoms with Crippen molar-refractivity contribution in [1.29, 1.82) is 0 Å². The third-order valence-corrected chi connectivity index (χ3v) is 7.68. The topological polar surface area (TPSA) is 104 Å². The second-order valence-electron chi connectivity index (χ2n) is 8.65. The van der Waals surface area contributed by atoms with Crippen LogP contribution >= 0.6 is 11.3 Å². The van der Waals surface area contributed by atoms with Crippen LogP contribution in [0.15, 0.2) is 24.5 Å². The first-order chi connectivity index (χ1) is 16.5. The third kappa shape index (κ3) is 3.88. The summed E-state index contributed by atoms with van der Waals surface area (Å²) in [5.74, 6) is 1.43. The highest BCUT2D eigenvalue weighted by molar-refractivity contribution is 7.22. The van der Waals surface area contributed by atoms with Crippen LogP contribution in [-0.4, -0.2) is 40.8 Å². The Balaban J connectivity index is 1.70. The monoisotopic (exact) mass is 479 g/mol. The minimum absolute atomic E-state index is 0.0182. The molecule has 4 aromatic rings. The van der Waals surface area contributed by atoms with Gasteiger partial charge in [0.15, 0.2) is 5.82 Å². The Morgan fingerprint density at radius 3 is 2.91 bits per heavy atom. The minimum Gasteiger partial charge on any atom is -0.495 e. The molecule has 0 spiro atoms. The quantitative estimate of drug-likeness (QED) is 0.394. The van der Waals surface area contributed by atoms with E-state index in [1.807, 2.05) is 11.4 Å². The number of nitrogens with two attached hydrogens (primary N) is 1. The maximum Gasteiger partial charge on any atom is 0.223 e. The molecule has 0 bridgehead atoms. The molecule has 9 heteroatoms. The molecule has 8 nitrogen and oxygen atoms in total. The van der Waals surface area contributed by atoms with Crippen molar-refractivity contribution in [3.05, 3.63) is 41.3 Å². The number of fused-ring (bicyclic) bond motifs is 2. The molecule has 4 heterocycles. The maximum atomic E-state index is 12.2. The number of amides is 1. The van der Waals surface area contributed by atoms with E-state index in [2.05, 4.69) is 40.5 Å². The van der Waals surface area contributed by atoms with Crippen molar-refractivity contribution in [2.24, 2.45) is 5.92 Å². The van der Waals surface area contributed by atoms with Crippen LogP contribution in [-0.2, 0) is 22.6 Å². The third-order valence-electron chi connectivity index (χ3n) is 6.50. The summed E-state index contributed by atoms with van der Waals surface area (Å²) in [6.07, 6.45) is 3.80. The van der Waals surface area contributed by atoms with Gasteiger partial charge in [-0.3, -0.25) is 4.79 Å². The first kappa shape index (κ1) is 22.6. The van der Waals surface area contributed by atoms with E-state index in [1.165, 1.54) is 6.33 Å². The highest BCUT2D eigenvalue weighted by atomic mass is 32.1. The van der Waals surface area contributed by atoms with E-state index >= 15 is 0 Å². The van der Waals surface area contributed by atoms with Gasteiger partial charge in [-0.15, -0.1) is 11.3 Å². The average molecular weight is 480 g/mol. The van der Waals surface area contributed by atoms with Crippen molar-refractivity contribution in [1.82, 2.24) is 19.9 Å². The molecule has 178 valence electrons. The standard InChI is InChI=1S/C25H29N5O3S/c1-4-33-12-17-18(6-5-15-7-8-27-25(15)31)30-22(24(26)28-13-29-30)21(17)20-11-16-9-14(2)10-19(32-3)23(16)34-20/h9-11,13,15H,4-8,12H2,1-3H3,(H,27,31)(H2,26,28,29)/t15-/m1/s1. The van der Waals surface area contributed by atoms with Crippen molar-refractivity contribution < 1.29 is 14.3 Å². The number of carbonyl (C=O) groups excluding carboxylic acids is 1. The molecule has 1 fully saturated rings. The number of nitrogen functional groups attached to an aromatic ring is 1. The number of hydrogen-bond donors (Lipinski definition) is 2. The smallest absolute Gasteiger partial charge is 0.223 e. The molecular formula is C25H29N5O3S. The lowest BCUT2D eigenvalue weighted by Crippen LogP contribution is -2.19. The normalized spacial score (nSPS) is 16.0. The van der Waals surface area contributed by atoms with E-state index in [0.717, 1.165) is 68.0 Å². The Hall–Kier alpha value is -3.17. The maximum absolute atomic E-state index is 12.2. The van der Waals surface area contributed by atoms with Crippen LogP contribution < -0.4 is 15.8 Å². The molecule has 1 aliphatic heterocycles. The van der Waals surface area contributed by atoms with Gasteiger partial charge in [0.05, 0.1) is 18.4 Å². The number of nitrogens with zero attached hydrogens (tertiary/aromatic N) is 3. The fraction of sp³-hybridized carbons (Fsp3) is 0.400. The molecule has 1 saturated heterocycles. The Morgan fingerprint density at radius 2 is 2.18 bits per heavy atom. The summed E-state index contributed by atoms with van der Waals surface area (Å²) < 4.78 is 14.6. The zero-order chi connectivity index (χ0) is 23.8. The van der Waals surface area contributed by atoms with Crippen LogP contribution in [0.2, 0.25) is 0 Å². The van der Waals surface area contributed by atoms with Crippen LogP contribution in [0.25, 0.3) is 26.0 Å². The molecule has 1 atom stereocenters. The molecule has 34 heavy (non-hydrogen) atoms. The molecule has 0 unspecified atom stereocenters. The van der Waals surface area contributed by atoms with Crippen LogP contribution in [0.4, 0.5) is 5.82 Å². The lowest BCUT2D eigenvalue weighted by Gasteiger charge is -2.10. The molecule has 1 aromatic carbocycles. The number of rotatable bonds is 8. The lowest BCUT2D eigenvalue weighted by molar-refractivity contribution is -0.122. The minimum atomic E-state index is 0.0182. The molecule has 0 aliphatic carbocycles. The van der Waals surface area contributed by atoms with Crippen molar-refractivity contribution in [3.63, 3.8) is 0 Å². The van der Waals surface area contributed by atoms with Gasteiger partial charge in [0, 0.05) is 40.8 Å². The van der Waals surface area contributed by atoms with Gasteiger partial charge in [-0.1, -0.05) is 6.07 Å². The molecule has 3 aromatic heterocycles. The Morgan fingerprint density at radius 1 is 1.32 bits per heavy atom. The van der Waals surface area contributed by atoms with Gasteiger partial charge < -0.3 is 20.5 Å². The van der Waals surface area contributed by atoms with Crippen LogP contribution in [0.3, 0.4) is 0 Å². The zero-order valence-electron chi connectivity index (χ0n) is 19.7. The van der Waals surface area contributed by atoms with Gasteiger partial charge in [-0.25, -0.2) is 9.50 Å². The number of hydrogen-bond acceptors (Lipinski definition) is 7. The van der Waals surface area contributed by atoms with Crippen molar-refractivity contribution >= 4 is 38.7 Å². The Labute approximate surface area is 202 Å². The van der Waals surface area contributed by atoms with Crippen molar-refractivity contribution in [3.8, 4) is 16.2 Å². The first-order valence-corrected chi connectivity index (χ1v) is 12.4. The number of benzene rings is 1. The molecule has 0 saturated carbocycles. The summed E-state index contributed by atoms with van der Waals surface area (Å²) in [6, 6.07) is 6.40. The second-order valence-corrected chi connectivity index (χ2v) is 9.71. The number of anilines is 1. The van der Waals surface area contributed by atoms with Crippen LogP contribution in [0.5, 0.6) is 5.75 Å². The zero-order valence-corrected chi connectivity index (χ0v) is 20.5. The number of ether oxygens (including phenoxy) is 2. The van der Waals surface area contributed by atoms with E-state index in [4.69, 9.17) is 15.2 Å². The average Bonchev–Trinajstić information content (AvgIpc) is 3.51. The van der Waals surface area contributed by atoms with Crippen molar-refractivity contribution in [2.45, 2.75) is 39.7 Å². The van der Waals surface area contributed by atoms with Gasteiger partial charge in [-0.05, 0) is 56.2 Å². The fourth-order valence-electron chi connectivity index (χ4n) is 4.87. The Kier molecular flexibility index (Phi) is 6.14. The summed E-state index contributed by atoms with van der Waals surface area (Å²) in [4.78, 5) is 17.6. The summed E-state index contributed by atoms with van der Waals surface area (Å²) in [5.41, 5.74) is 11.4. The molecular weight excluding hydrogens is 450 g/mol. The summed E-state index contributed by atoms with van der Waals surface area (Å²) in [6.45, 7) is 5.82. The van der Waals surface area contributed by atoms with Crippen LogP contribution in [0, 0.1) is 12.8 Å². The van der Waals surface area contributed by atoms with Crippen LogP contribution in [0.1, 0.15) is 36.6 Å². The van der Waals surface area contributed by atoms with E-state index in [-0.39, 0.29) is 11.8 Å². The molecule has 5 rings (SSSR count). The highest BCUT2D eigenvalue weighted by Crippen LogP contribution is 2.44.